The predicted octanol–water partition coefficient (Wildman–Crippen LogP) is 5.19. The van der Waals surface area contributed by atoms with Gasteiger partial charge >= 0.3 is 0 Å². The standard InChI is InChI=1S/C26H36N4O/c1-2-8-27-9-10-28-24-7-6-21-22(29-24)4-3-5-23(21)30-25(31)17-26-14-18-11-19(15-26)13-20(12-18)16-26/h3-7,18-20,27H,2,8-17H2,1H3,(H,28,29)(H,30,31). The first-order valence-corrected chi connectivity index (χ1v) is 12.3. The number of aromatic nitrogens is 1. The zero-order valence-electron chi connectivity index (χ0n) is 18.8. The lowest BCUT2D eigenvalue weighted by molar-refractivity contribution is -0.124. The van der Waals surface area contributed by atoms with Crippen LogP contribution in [-0.4, -0.2) is 30.5 Å². The monoisotopic (exact) mass is 420 g/mol. The summed E-state index contributed by atoms with van der Waals surface area (Å²) in [7, 11) is 0. The number of pyridine rings is 1. The maximum Gasteiger partial charge on any atom is 0.224 e. The number of nitrogens with zero attached hydrogens (tertiary/aromatic N) is 1. The first-order chi connectivity index (χ1) is 15.1. The van der Waals surface area contributed by atoms with Gasteiger partial charge in [0.05, 0.1) is 11.2 Å². The van der Waals surface area contributed by atoms with Gasteiger partial charge in [0, 0.05) is 24.9 Å². The molecule has 5 heteroatoms. The van der Waals surface area contributed by atoms with E-state index in [1.165, 1.54) is 38.5 Å². The fraction of sp³-hybridized carbons (Fsp3) is 0.615. The number of carbonyl (C=O) groups is 1. The minimum Gasteiger partial charge on any atom is -0.369 e. The van der Waals surface area contributed by atoms with Crippen molar-refractivity contribution in [2.24, 2.45) is 23.2 Å². The van der Waals surface area contributed by atoms with Crippen LogP contribution in [0.5, 0.6) is 0 Å². The van der Waals surface area contributed by atoms with Crippen molar-refractivity contribution in [3.05, 3.63) is 30.3 Å². The van der Waals surface area contributed by atoms with Crippen molar-refractivity contribution in [3.63, 3.8) is 0 Å². The molecule has 1 aromatic heterocycles. The van der Waals surface area contributed by atoms with Crippen molar-refractivity contribution in [1.82, 2.24) is 10.3 Å². The maximum atomic E-state index is 13.1. The molecule has 1 amide bonds. The van der Waals surface area contributed by atoms with Gasteiger partial charge in [0.1, 0.15) is 5.82 Å². The number of hydrogen-bond acceptors (Lipinski definition) is 4. The van der Waals surface area contributed by atoms with Crippen LogP contribution >= 0.6 is 0 Å². The summed E-state index contributed by atoms with van der Waals surface area (Å²) in [6.45, 7) is 4.98. The Morgan fingerprint density at radius 3 is 2.45 bits per heavy atom. The van der Waals surface area contributed by atoms with Gasteiger partial charge in [-0.15, -0.1) is 0 Å². The number of amides is 1. The fourth-order valence-corrected chi connectivity index (χ4v) is 6.98. The third-order valence-corrected chi connectivity index (χ3v) is 7.74. The second-order valence-corrected chi connectivity index (χ2v) is 10.4. The van der Waals surface area contributed by atoms with Crippen LogP contribution in [0.15, 0.2) is 30.3 Å². The van der Waals surface area contributed by atoms with Gasteiger partial charge in [-0.2, -0.15) is 0 Å². The summed E-state index contributed by atoms with van der Waals surface area (Å²) in [6.07, 6.45) is 9.89. The zero-order chi connectivity index (χ0) is 21.3. The Morgan fingerprint density at radius 1 is 1.00 bits per heavy atom. The number of hydrogen-bond donors (Lipinski definition) is 3. The molecule has 4 fully saturated rings. The molecule has 5 nitrogen and oxygen atoms in total. The number of carbonyl (C=O) groups excluding carboxylic acids is 1. The third kappa shape index (κ3) is 4.57. The van der Waals surface area contributed by atoms with Crippen LogP contribution in [0.1, 0.15) is 58.3 Å². The quantitative estimate of drug-likeness (QED) is 0.488. The van der Waals surface area contributed by atoms with Crippen molar-refractivity contribution >= 4 is 28.3 Å². The molecule has 0 atom stereocenters. The molecule has 4 aliphatic rings. The summed E-state index contributed by atoms with van der Waals surface area (Å²) < 4.78 is 0. The van der Waals surface area contributed by atoms with Crippen LogP contribution in [0.3, 0.4) is 0 Å². The summed E-state index contributed by atoms with van der Waals surface area (Å²) >= 11 is 0. The minimum absolute atomic E-state index is 0.179. The van der Waals surface area contributed by atoms with Gasteiger partial charge in [-0.05, 0) is 98.9 Å². The van der Waals surface area contributed by atoms with Crippen molar-refractivity contribution < 1.29 is 4.79 Å². The Morgan fingerprint density at radius 2 is 1.74 bits per heavy atom. The molecule has 0 spiro atoms. The Hall–Kier alpha value is -2.14. The summed E-state index contributed by atoms with van der Waals surface area (Å²) in [5.74, 6) is 3.69. The smallest absolute Gasteiger partial charge is 0.224 e. The highest BCUT2D eigenvalue weighted by Gasteiger charge is 2.51. The van der Waals surface area contributed by atoms with E-state index in [9.17, 15) is 4.79 Å². The molecule has 0 saturated heterocycles. The Balaban J connectivity index is 1.23. The highest BCUT2D eigenvalue weighted by Crippen LogP contribution is 2.61. The summed E-state index contributed by atoms with van der Waals surface area (Å²) in [5, 5.41) is 11.0. The van der Waals surface area contributed by atoms with Crippen LogP contribution in [-0.2, 0) is 4.79 Å². The average Bonchev–Trinajstić information content (AvgIpc) is 2.72. The lowest BCUT2D eigenvalue weighted by atomic mass is 9.49. The first-order valence-electron chi connectivity index (χ1n) is 12.3. The first kappa shape index (κ1) is 20.7. The molecule has 166 valence electrons. The van der Waals surface area contributed by atoms with E-state index in [0.717, 1.165) is 66.2 Å². The molecule has 4 saturated carbocycles. The number of rotatable bonds is 9. The number of fused-ring (bicyclic) bond motifs is 1. The molecule has 1 heterocycles. The van der Waals surface area contributed by atoms with E-state index in [2.05, 4.69) is 28.9 Å². The SMILES string of the molecule is CCCNCCNc1ccc2c(NC(=O)CC34CC5CC(CC(C5)C3)C4)cccc2n1. The van der Waals surface area contributed by atoms with Crippen LogP contribution < -0.4 is 16.0 Å². The van der Waals surface area contributed by atoms with Crippen LogP contribution in [0.25, 0.3) is 10.9 Å². The van der Waals surface area contributed by atoms with Crippen molar-refractivity contribution in [2.75, 3.05) is 30.3 Å². The van der Waals surface area contributed by atoms with Crippen LogP contribution in [0.2, 0.25) is 0 Å². The van der Waals surface area contributed by atoms with Crippen molar-refractivity contribution in [2.45, 2.75) is 58.3 Å². The predicted molar refractivity (Wildman–Crippen MR) is 127 cm³/mol. The van der Waals surface area contributed by atoms with E-state index in [-0.39, 0.29) is 11.3 Å². The lowest BCUT2D eigenvalue weighted by Gasteiger charge is -2.56. The average molecular weight is 421 g/mol. The minimum atomic E-state index is 0.179. The lowest BCUT2D eigenvalue weighted by Crippen LogP contribution is -2.47. The highest BCUT2D eigenvalue weighted by atomic mass is 16.1. The molecule has 0 unspecified atom stereocenters. The van der Waals surface area contributed by atoms with Crippen molar-refractivity contribution in [3.8, 4) is 0 Å². The van der Waals surface area contributed by atoms with Gasteiger partial charge in [-0.25, -0.2) is 4.98 Å². The van der Waals surface area contributed by atoms with E-state index < -0.39 is 0 Å². The second kappa shape index (κ2) is 8.78. The Bertz CT molecular complexity index is 905. The Kier molecular flexibility index (Phi) is 5.87. The molecule has 6 rings (SSSR count). The molecule has 0 aliphatic heterocycles. The second-order valence-electron chi connectivity index (χ2n) is 10.4. The maximum absolute atomic E-state index is 13.1. The largest absolute Gasteiger partial charge is 0.369 e. The molecule has 2 aromatic rings. The van der Waals surface area contributed by atoms with Gasteiger partial charge in [0.25, 0.3) is 0 Å². The van der Waals surface area contributed by atoms with Crippen LogP contribution in [0, 0.1) is 23.2 Å². The number of benzene rings is 1. The van der Waals surface area contributed by atoms with Crippen molar-refractivity contribution in [1.29, 1.82) is 0 Å². The molecule has 4 bridgehead atoms. The zero-order valence-corrected chi connectivity index (χ0v) is 18.8. The molecule has 31 heavy (non-hydrogen) atoms. The summed E-state index contributed by atoms with van der Waals surface area (Å²) in [4.78, 5) is 17.8. The summed E-state index contributed by atoms with van der Waals surface area (Å²) in [6, 6.07) is 10.1. The molecule has 3 N–H and O–H groups in total. The van der Waals surface area contributed by atoms with E-state index in [1.54, 1.807) is 0 Å². The molecular weight excluding hydrogens is 384 g/mol. The van der Waals surface area contributed by atoms with Gasteiger partial charge in [-0.3, -0.25) is 4.79 Å². The van der Waals surface area contributed by atoms with Gasteiger partial charge < -0.3 is 16.0 Å². The number of nitrogens with one attached hydrogen (secondary N) is 3. The normalized spacial score (nSPS) is 28.7. The van der Waals surface area contributed by atoms with Crippen LogP contribution in [0.4, 0.5) is 11.5 Å². The van der Waals surface area contributed by atoms with E-state index in [0.29, 0.717) is 6.42 Å². The summed E-state index contributed by atoms with van der Waals surface area (Å²) in [5.41, 5.74) is 2.07. The van der Waals surface area contributed by atoms with E-state index in [4.69, 9.17) is 4.98 Å². The fourth-order valence-electron chi connectivity index (χ4n) is 6.98. The molecule has 4 aliphatic carbocycles. The molecule has 0 radical (unpaired) electrons. The van der Waals surface area contributed by atoms with E-state index in [1.807, 2.05) is 24.3 Å². The number of anilines is 2. The van der Waals surface area contributed by atoms with E-state index >= 15 is 0 Å². The highest BCUT2D eigenvalue weighted by molar-refractivity contribution is 6.01. The Labute approximate surface area is 185 Å². The van der Waals surface area contributed by atoms with Gasteiger partial charge in [-0.1, -0.05) is 13.0 Å². The topological polar surface area (TPSA) is 66.0 Å². The van der Waals surface area contributed by atoms with Gasteiger partial charge in [0.15, 0.2) is 0 Å². The third-order valence-electron chi connectivity index (χ3n) is 7.74. The molecule has 1 aromatic carbocycles. The van der Waals surface area contributed by atoms with Gasteiger partial charge in [0.2, 0.25) is 5.91 Å². The molecular formula is C26H36N4O.